The van der Waals surface area contributed by atoms with Crippen LogP contribution in [-0.2, 0) is 22.7 Å². The Kier molecular flexibility index (Phi) is 10.4. The third-order valence-electron chi connectivity index (χ3n) is 19.8. The second kappa shape index (κ2) is 17.5. The van der Waals surface area contributed by atoms with E-state index in [4.69, 9.17) is 0 Å². The van der Waals surface area contributed by atoms with Gasteiger partial charge in [-0.1, -0.05) is 234 Å². The predicted octanol–water partition coefficient (Wildman–Crippen LogP) is 22.0. The fourth-order valence-electron chi connectivity index (χ4n) is 15.8. The molecule has 0 nitrogen and oxygen atoms in total. The molecule has 1 unspecified atom stereocenters. The van der Waals surface area contributed by atoms with Gasteiger partial charge in [-0.15, -0.1) is 0 Å². The molecule has 1 atom stereocenters. The molecular weight excluding hydrogens is 985 g/mol. The highest BCUT2D eigenvalue weighted by Crippen LogP contribution is 2.58. The van der Waals surface area contributed by atoms with Crippen LogP contribution in [0.25, 0.3) is 121 Å². The summed E-state index contributed by atoms with van der Waals surface area (Å²) in [5.74, 6) is 0. The van der Waals surface area contributed by atoms with Crippen LogP contribution in [0.3, 0.4) is 0 Å². The van der Waals surface area contributed by atoms with Crippen LogP contribution in [0.5, 0.6) is 0 Å². The lowest BCUT2D eigenvalue weighted by Crippen LogP contribution is -2.24. The summed E-state index contributed by atoms with van der Waals surface area (Å²) in [6, 6.07) is 89.0. The van der Waals surface area contributed by atoms with Crippen LogP contribution in [0.2, 0.25) is 0 Å². The lowest BCUT2D eigenvalue weighted by Gasteiger charge is -2.29. The highest BCUT2D eigenvalue weighted by atomic mass is 14.5. The summed E-state index contributed by atoms with van der Waals surface area (Å²) in [5.41, 5.74) is 31.5. The predicted molar refractivity (Wildman–Crippen MR) is 350 cm³/mol. The molecule has 0 spiro atoms. The SMILES string of the molecule is Cc1ccc2ccc(-c3ccc4c(c3)C(C)(Cc3cccc5c3-c3cccc(-c6ccc7cc(-c8cc9ccc(C)cc9cc8-c8ccc9c(c8)C(C)(C)c8c-9ccc9ccccc89)c(C)cc7c6)c3C5(C)C)c3ccccc3-4)cc2c1. The summed E-state index contributed by atoms with van der Waals surface area (Å²) >= 11 is 0. The maximum Gasteiger partial charge on any atom is 0.0227 e. The van der Waals surface area contributed by atoms with Crippen molar-refractivity contribution in [3.8, 4) is 77.9 Å². The van der Waals surface area contributed by atoms with E-state index >= 15 is 0 Å². The molecule has 0 saturated heterocycles. The molecule has 0 amide bonds. The quantitative estimate of drug-likeness (QED) is 0.156. The van der Waals surface area contributed by atoms with Crippen molar-refractivity contribution in [3.63, 3.8) is 0 Å². The van der Waals surface area contributed by atoms with Crippen LogP contribution in [-0.4, -0.2) is 0 Å². The molecule has 0 saturated carbocycles. The summed E-state index contributed by atoms with van der Waals surface area (Å²) in [7, 11) is 0. The van der Waals surface area contributed by atoms with E-state index in [-0.39, 0.29) is 16.2 Å². The average molecular weight is 1050 g/mol. The molecule has 3 aliphatic carbocycles. The van der Waals surface area contributed by atoms with Crippen LogP contribution < -0.4 is 0 Å². The van der Waals surface area contributed by atoms with Crippen molar-refractivity contribution in [1.29, 1.82) is 0 Å². The van der Waals surface area contributed by atoms with Crippen molar-refractivity contribution in [2.24, 2.45) is 0 Å². The molecule has 82 heavy (non-hydrogen) atoms. The Morgan fingerprint density at radius 2 is 0.805 bits per heavy atom. The van der Waals surface area contributed by atoms with Crippen LogP contribution in [0.15, 0.2) is 231 Å². The molecule has 0 bridgehead atoms. The van der Waals surface area contributed by atoms with Crippen LogP contribution in [0.4, 0.5) is 0 Å². The third-order valence-corrected chi connectivity index (χ3v) is 19.8. The third kappa shape index (κ3) is 7.10. The molecule has 3 aliphatic rings. The Balaban J connectivity index is 0.779. The first-order chi connectivity index (χ1) is 39.7. The van der Waals surface area contributed by atoms with Gasteiger partial charge >= 0.3 is 0 Å². The molecule has 13 aromatic carbocycles. The summed E-state index contributed by atoms with van der Waals surface area (Å²) in [6.07, 6.45) is 0.895. The largest absolute Gasteiger partial charge is 0.0619 e. The van der Waals surface area contributed by atoms with Crippen molar-refractivity contribution < 1.29 is 0 Å². The standard InChI is InChI=1S/C82H64/c1-48-23-25-51-27-28-53(40-60(51)37-48)56-32-34-66-65-18-11-12-21-73(65)82(8,76(66)45-56)47-59-16-13-22-74-77(59)69-20-14-19-64(79(69)80(74,4)5)57-30-29-55-42-70(50(3)39-62(55)41-57)72-43-54-26-24-49(2)38-61(54)44-71(72)58-33-35-67-68-36-31-52-15-9-10-17-63(52)78(68)81(6,7)75(67)46-58/h9-46H,47H2,1-8H3. The van der Waals surface area contributed by atoms with Gasteiger partial charge in [0, 0.05) is 16.2 Å². The summed E-state index contributed by atoms with van der Waals surface area (Å²) < 4.78 is 0. The van der Waals surface area contributed by atoms with Gasteiger partial charge in [0.25, 0.3) is 0 Å². The van der Waals surface area contributed by atoms with E-state index in [0.717, 1.165) is 6.42 Å². The van der Waals surface area contributed by atoms with E-state index in [2.05, 4.69) is 286 Å². The van der Waals surface area contributed by atoms with Crippen LogP contribution in [0, 0.1) is 20.8 Å². The van der Waals surface area contributed by atoms with E-state index in [9.17, 15) is 0 Å². The number of rotatable bonds is 6. The smallest absolute Gasteiger partial charge is 0.0227 e. The Bertz CT molecular complexity index is 4940. The van der Waals surface area contributed by atoms with E-state index < -0.39 is 0 Å². The maximum absolute atomic E-state index is 2.51. The second-order valence-electron chi connectivity index (χ2n) is 25.6. The minimum Gasteiger partial charge on any atom is -0.0619 e. The molecule has 0 aromatic heterocycles. The number of aryl methyl sites for hydroxylation is 3. The van der Waals surface area contributed by atoms with Crippen molar-refractivity contribution in [1.82, 2.24) is 0 Å². The highest BCUT2D eigenvalue weighted by Gasteiger charge is 2.44. The molecule has 0 aliphatic heterocycles. The topological polar surface area (TPSA) is 0 Å². The lowest BCUT2D eigenvalue weighted by atomic mass is 9.73. The Morgan fingerprint density at radius 1 is 0.280 bits per heavy atom. The Morgan fingerprint density at radius 3 is 1.65 bits per heavy atom. The fraction of sp³-hybridized carbons (Fsp3) is 0.146. The zero-order valence-electron chi connectivity index (χ0n) is 48.1. The van der Waals surface area contributed by atoms with Gasteiger partial charge in [-0.05, 0) is 235 Å². The number of fused-ring (bicyclic) bond motifs is 14. The molecule has 0 N–H and O–H groups in total. The lowest BCUT2D eigenvalue weighted by molar-refractivity contribution is 0.583. The zero-order valence-corrected chi connectivity index (χ0v) is 48.1. The van der Waals surface area contributed by atoms with E-state index in [0.29, 0.717) is 0 Å². The van der Waals surface area contributed by atoms with Gasteiger partial charge in [-0.2, -0.15) is 0 Å². The first-order valence-corrected chi connectivity index (χ1v) is 29.5. The van der Waals surface area contributed by atoms with Gasteiger partial charge in [-0.25, -0.2) is 0 Å². The van der Waals surface area contributed by atoms with Gasteiger partial charge < -0.3 is 0 Å². The molecule has 0 heteroatoms. The Hall–Kier alpha value is -9.10. The summed E-state index contributed by atoms with van der Waals surface area (Å²) in [4.78, 5) is 0. The molecule has 0 fully saturated rings. The molecule has 392 valence electrons. The Labute approximate surface area is 482 Å². The number of hydrogen-bond donors (Lipinski definition) is 0. The van der Waals surface area contributed by atoms with E-state index in [1.807, 2.05) is 0 Å². The number of benzene rings is 13. The molecule has 0 heterocycles. The normalized spacial score (nSPS) is 15.9. The maximum atomic E-state index is 2.51. The van der Waals surface area contributed by atoms with Gasteiger partial charge in [0.2, 0.25) is 0 Å². The average Bonchev–Trinajstić information content (AvgIpc) is 2.49. The van der Waals surface area contributed by atoms with Crippen molar-refractivity contribution in [2.75, 3.05) is 0 Å². The van der Waals surface area contributed by atoms with Crippen LogP contribution in [0.1, 0.15) is 90.3 Å². The first-order valence-electron chi connectivity index (χ1n) is 29.5. The minimum atomic E-state index is -0.239. The van der Waals surface area contributed by atoms with E-state index in [1.54, 1.807) is 0 Å². The fourth-order valence-corrected chi connectivity index (χ4v) is 15.8. The van der Waals surface area contributed by atoms with Gasteiger partial charge in [-0.3, -0.25) is 0 Å². The summed E-state index contributed by atoms with van der Waals surface area (Å²) in [6.45, 7) is 18.9. The monoisotopic (exact) mass is 1050 g/mol. The highest BCUT2D eigenvalue weighted by molar-refractivity contribution is 6.03. The molecule has 0 radical (unpaired) electrons. The van der Waals surface area contributed by atoms with Gasteiger partial charge in [0.1, 0.15) is 0 Å². The number of hydrogen-bond acceptors (Lipinski definition) is 0. The van der Waals surface area contributed by atoms with Crippen molar-refractivity contribution in [2.45, 2.75) is 78.1 Å². The molecule has 13 aromatic rings. The zero-order chi connectivity index (χ0) is 55.6. The van der Waals surface area contributed by atoms with Crippen molar-refractivity contribution >= 4 is 43.1 Å². The first kappa shape index (κ1) is 48.8. The molecular formula is C82H64. The van der Waals surface area contributed by atoms with Gasteiger partial charge in [0.05, 0.1) is 0 Å². The van der Waals surface area contributed by atoms with E-state index in [1.165, 1.54) is 177 Å². The van der Waals surface area contributed by atoms with Crippen LogP contribution >= 0.6 is 0 Å². The van der Waals surface area contributed by atoms with Crippen molar-refractivity contribution in [3.05, 3.63) is 286 Å². The minimum absolute atomic E-state index is 0.150. The second-order valence-corrected chi connectivity index (χ2v) is 25.6. The van der Waals surface area contributed by atoms with Gasteiger partial charge in [0.15, 0.2) is 0 Å². The summed E-state index contributed by atoms with van der Waals surface area (Å²) in [5, 5.41) is 10.3. The molecule has 16 rings (SSSR count).